The molecule has 94 valence electrons. The first-order chi connectivity index (χ1) is 7.84. The summed E-state index contributed by atoms with van der Waals surface area (Å²) in [6.07, 6.45) is 1.75. The van der Waals surface area contributed by atoms with E-state index in [-0.39, 0.29) is 17.6 Å². The van der Waals surface area contributed by atoms with Crippen LogP contribution in [-0.4, -0.2) is 17.3 Å². The van der Waals surface area contributed by atoms with Gasteiger partial charge in [-0.3, -0.25) is 0 Å². The molecule has 2 nitrogen and oxygen atoms in total. The Morgan fingerprint density at radius 1 is 1.35 bits per heavy atom. The summed E-state index contributed by atoms with van der Waals surface area (Å²) in [4.78, 5) is 0. The lowest BCUT2D eigenvalue weighted by molar-refractivity contribution is 0.138. The third-order valence-electron chi connectivity index (χ3n) is 3.58. The third-order valence-corrected chi connectivity index (χ3v) is 3.58. The van der Waals surface area contributed by atoms with Gasteiger partial charge in [0.1, 0.15) is 11.4 Å². The number of rotatable bonds is 3. The van der Waals surface area contributed by atoms with Gasteiger partial charge in [0.15, 0.2) is 0 Å². The zero-order valence-electron chi connectivity index (χ0n) is 11.2. The Kier molecular flexibility index (Phi) is 2.94. The van der Waals surface area contributed by atoms with Crippen LogP contribution in [0.25, 0.3) is 0 Å². The number of benzene rings is 1. The fourth-order valence-electron chi connectivity index (χ4n) is 2.45. The standard InChI is InChI=1S/C15H22O2/c1-14(2,7-8-16)12-5-6-13-11(9-12)10-15(3,4)17-13/h5-6,9,16H,7-8,10H2,1-4H3. The van der Waals surface area contributed by atoms with Crippen molar-refractivity contribution in [3.05, 3.63) is 29.3 Å². The van der Waals surface area contributed by atoms with E-state index in [2.05, 4.69) is 45.9 Å². The van der Waals surface area contributed by atoms with Crippen LogP contribution in [0.5, 0.6) is 5.75 Å². The Morgan fingerprint density at radius 2 is 2.06 bits per heavy atom. The van der Waals surface area contributed by atoms with E-state index in [1.54, 1.807) is 0 Å². The highest BCUT2D eigenvalue weighted by Gasteiger charge is 2.31. The molecule has 2 rings (SSSR count). The van der Waals surface area contributed by atoms with Crippen LogP contribution in [0.4, 0.5) is 0 Å². The number of aliphatic hydroxyl groups excluding tert-OH is 1. The molecule has 0 saturated heterocycles. The fraction of sp³-hybridized carbons (Fsp3) is 0.600. The molecule has 0 bridgehead atoms. The predicted octanol–water partition coefficient (Wildman–Crippen LogP) is 3.06. The molecule has 1 N–H and O–H groups in total. The van der Waals surface area contributed by atoms with Crippen LogP contribution in [0.15, 0.2) is 18.2 Å². The first-order valence-electron chi connectivity index (χ1n) is 6.27. The second kappa shape index (κ2) is 4.02. The zero-order chi connectivity index (χ0) is 12.7. The first-order valence-corrected chi connectivity index (χ1v) is 6.27. The third kappa shape index (κ3) is 2.47. The van der Waals surface area contributed by atoms with E-state index in [1.807, 2.05) is 0 Å². The summed E-state index contributed by atoms with van der Waals surface area (Å²) in [5.74, 6) is 1.01. The van der Waals surface area contributed by atoms with E-state index in [0.29, 0.717) is 0 Å². The predicted molar refractivity (Wildman–Crippen MR) is 69.6 cm³/mol. The molecular formula is C15H22O2. The molecule has 1 aromatic carbocycles. The van der Waals surface area contributed by atoms with Gasteiger partial charge in [-0.15, -0.1) is 0 Å². The number of hydrogen-bond donors (Lipinski definition) is 1. The molecule has 0 saturated carbocycles. The van der Waals surface area contributed by atoms with Crippen LogP contribution in [0.3, 0.4) is 0 Å². The molecule has 0 unspecified atom stereocenters. The molecule has 1 aliphatic heterocycles. The molecular weight excluding hydrogens is 212 g/mol. The van der Waals surface area contributed by atoms with Gasteiger partial charge in [-0.1, -0.05) is 26.0 Å². The summed E-state index contributed by atoms with van der Waals surface area (Å²) in [7, 11) is 0. The molecule has 0 amide bonds. The van der Waals surface area contributed by atoms with Crippen molar-refractivity contribution in [2.24, 2.45) is 0 Å². The Balaban J connectivity index is 2.30. The molecule has 1 heterocycles. The summed E-state index contributed by atoms with van der Waals surface area (Å²) >= 11 is 0. The molecule has 0 atom stereocenters. The lowest BCUT2D eigenvalue weighted by Gasteiger charge is -2.24. The van der Waals surface area contributed by atoms with Gasteiger partial charge in [0.25, 0.3) is 0 Å². The van der Waals surface area contributed by atoms with E-state index in [0.717, 1.165) is 18.6 Å². The van der Waals surface area contributed by atoms with Crippen molar-refractivity contribution in [2.75, 3.05) is 6.61 Å². The van der Waals surface area contributed by atoms with Crippen LogP contribution < -0.4 is 4.74 Å². The first kappa shape index (κ1) is 12.4. The van der Waals surface area contributed by atoms with Gasteiger partial charge < -0.3 is 9.84 Å². The SMILES string of the molecule is CC1(C)Cc2cc(C(C)(C)CCO)ccc2O1. The molecule has 0 fully saturated rings. The van der Waals surface area contributed by atoms with E-state index in [9.17, 15) is 0 Å². The summed E-state index contributed by atoms with van der Waals surface area (Å²) in [5.41, 5.74) is 2.52. The fourth-order valence-corrected chi connectivity index (χ4v) is 2.45. The summed E-state index contributed by atoms with van der Waals surface area (Å²) < 4.78 is 5.87. The highest BCUT2D eigenvalue weighted by atomic mass is 16.5. The quantitative estimate of drug-likeness (QED) is 0.871. The summed E-state index contributed by atoms with van der Waals surface area (Å²) in [5, 5.41) is 9.12. The maximum absolute atomic E-state index is 9.12. The molecule has 0 radical (unpaired) electrons. The summed E-state index contributed by atoms with van der Waals surface area (Å²) in [6, 6.07) is 6.42. The van der Waals surface area contributed by atoms with Crippen LogP contribution in [0.1, 0.15) is 45.2 Å². The molecule has 1 aliphatic rings. The molecule has 2 heteroatoms. The number of ether oxygens (including phenoxy) is 1. The second-order valence-electron chi connectivity index (χ2n) is 6.22. The smallest absolute Gasteiger partial charge is 0.123 e. The van der Waals surface area contributed by atoms with Crippen molar-refractivity contribution >= 4 is 0 Å². The van der Waals surface area contributed by atoms with E-state index in [1.165, 1.54) is 11.1 Å². The van der Waals surface area contributed by atoms with Crippen molar-refractivity contribution < 1.29 is 9.84 Å². The average Bonchev–Trinajstić information content (AvgIpc) is 2.50. The van der Waals surface area contributed by atoms with E-state index >= 15 is 0 Å². The van der Waals surface area contributed by atoms with Gasteiger partial charge in [0.2, 0.25) is 0 Å². The summed E-state index contributed by atoms with van der Waals surface area (Å²) in [6.45, 7) is 8.81. The average molecular weight is 234 g/mol. The highest BCUT2D eigenvalue weighted by Crippen LogP contribution is 2.38. The number of hydrogen-bond acceptors (Lipinski definition) is 2. The zero-order valence-corrected chi connectivity index (χ0v) is 11.2. The van der Waals surface area contributed by atoms with Gasteiger partial charge in [-0.05, 0) is 42.9 Å². The lowest BCUT2D eigenvalue weighted by Crippen LogP contribution is -2.24. The van der Waals surface area contributed by atoms with Gasteiger partial charge >= 0.3 is 0 Å². The Hall–Kier alpha value is -1.02. The Bertz CT molecular complexity index is 419. The maximum atomic E-state index is 9.12. The molecule has 0 spiro atoms. The normalized spacial score (nSPS) is 17.7. The van der Waals surface area contributed by atoms with E-state index in [4.69, 9.17) is 9.84 Å². The highest BCUT2D eigenvalue weighted by molar-refractivity contribution is 5.43. The molecule has 1 aromatic rings. The van der Waals surface area contributed by atoms with E-state index < -0.39 is 0 Å². The minimum absolute atomic E-state index is 0.0243. The maximum Gasteiger partial charge on any atom is 0.123 e. The van der Waals surface area contributed by atoms with Crippen LogP contribution in [-0.2, 0) is 11.8 Å². The number of aliphatic hydroxyl groups is 1. The van der Waals surface area contributed by atoms with Gasteiger partial charge in [0.05, 0.1) is 0 Å². The van der Waals surface area contributed by atoms with Gasteiger partial charge in [-0.25, -0.2) is 0 Å². The van der Waals surface area contributed by atoms with Crippen LogP contribution in [0, 0.1) is 0 Å². The minimum Gasteiger partial charge on any atom is -0.487 e. The Morgan fingerprint density at radius 3 is 2.71 bits per heavy atom. The van der Waals surface area contributed by atoms with Crippen molar-refractivity contribution in [1.82, 2.24) is 0 Å². The molecule has 17 heavy (non-hydrogen) atoms. The molecule has 0 aromatic heterocycles. The second-order valence-corrected chi connectivity index (χ2v) is 6.22. The van der Waals surface area contributed by atoms with Crippen molar-refractivity contribution in [3.8, 4) is 5.75 Å². The van der Waals surface area contributed by atoms with Crippen molar-refractivity contribution in [2.45, 2.75) is 51.6 Å². The molecule has 0 aliphatic carbocycles. The van der Waals surface area contributed by atoms with Crippen molar-refractivity contribution in [3.63, 3.8) is 0 Å². The van der Waals surface area contributed by atoms with Crippen LogP contribution in [0.2, 0.25) is 0 Å². The topological polar surface area (TPSA) is 29.5 Å². The van der Waals surface area contributed by atoms with Gasteiger partial charge in [0, 0.05) is 13.0 Å². The largest absolute Gasteiger partial charge is 0.487 e. The lowest BCUT2D eigenvalue weighted by atomic mass is 9.81. The van der Waals surface area contributed by atoms with Crippen molar-refractivity contribution in [1.29, 1.82) is 0 Å². The Labute approximate surface area is 104 Å². The minimum atomic E-state index is -0.0813. The van der Waals surface area contributed by atoms with Gasteiger partial charge in [-0.2, -0.15) is 0 Å². The van der Waals surface area contributed by atoms with Crippen LogP contribution >= 0.6 is 0 Å². The monoisotopic (exact) mass is 234 g/mol. The number of fused-ring (bicyclic) bond motifs is 1.